The first-order valence-corrected chi connectivity index (χ1v) is 13.6. The molecular formula is C31H37NO3. The van der Waals surface area contributed by atoms with Gasteiger partial charge < -0.3 is 14.2 Å². The Bertz CT molecular complexity index is 1220. The molecule has 4 nitrogen and oxygen atoms in total. The number of benzene rings is 1. The Labute approximate surface area is 208 Å². The van der Waals surface area contributed by atoms with Crippen molar-refractivity contribution >= 4 is 10.8 Å². The van der Waals surface area contributed by atoms with Crippen LogP contribution in [-0.2, 0) is 14.2 Å². The van der Waals surface area contributed by atoms with Crippen molar-refractivity contribution in [3.05, 3.63) is 65.5 Å². The number of methoxy groups -OCH3 is 1. The van der Waals surface area contributed by atoms with Crippen LogP contribution in [0.3, 0.4) is 0 Å². The lowest BCUT2D eigenvalue weighted by Gasteiger charge is -2.54. The number of pyridine rings is 1. The van der Waals surface area contributed by atoms with Crippen molar-refractivity contribution in [3.8, 4) is 0 Å². The third-order valence-electron chi connectivity index (χ3n) is 10.3. The number of hydrogen-bond acceptors (Lipinski definition) is 4. The number of fused-ring (bicyclic) bond motifs is 2. The monoisotopic (exact) mass is 471 g/mol. The Kier molecular flexibility index (Phi) is 5.07. The van der Waals surface area contributed by atoms with Crippen LogP contribution in [0.25, 0.3) is 10.8 Å². The van der Waals surface area contributed by atoms with Crippen molar-refractivity contribution in [2.75, 3.05) is 20.3 Å². The fourth-order valence-electron chi connectivity index (χ4n) is 8.67. The molecule has 3 aliphatic carbocycles. The predicted molar refractivity (Wildman–Crippen MR) is 137 cm³/mol. The molecule has 0 N–H and O–H groups in total. The summed E-state index contributed by atoms with van der Waals surface area (Å²) in [6.07, 6.45) is 18.4. The topological polar surface area (TPSA) is 40.6 Å². The molecule has 3 fully saturated rings. The fourth-order valence-corrected chi connectivity index (χ4v) is 8.67. The second-order valence-corrected chi connectivity index (χ2v) is 11.9. The van der Waals surface area contributed by atoms with Gasteiger partial charge in [0.25, 0.3) is 0 Å². The maximum atomic E-state index is 7.39. The van der Waals surface area contributed by atoms with E-state index in [4.69, 9.17) is 14.2 Å². The highest BCUT2D eigenvalue weighted by Gasteiger charge is 2.66. The second kappa shape index (κ2) is 7.99. The summed E-state index contributed by atoms with van der Waals surface area (Å²) in [5, 5.41) is 2.53. The zero-order valence-electron chi connectivity index (χ0n) is 21.1. The molecule has 6 atom stereocenters. The lowest BCUT2D eigenvalue weighted by molar-refractivity contribution is -0.150. The predicted octanol–water partition coefficient (Wildman–Crippen LogP) is 6.51. The molecule has 3 heterocycles. The molecule has 7 rings (SSSR count). The van der Waals surface area contributed by atoms with Crippen molar-refractivity contribution in [2.24, 2.45) is 11.3 Å². The summed E-state index contributed by atoms with van der Waals surface area (Å²) in [4.78, 5) is 4.38. The molecule has 0 radical (unpaired) electrons. The van der Waals surface area contributed by atoms with Crippen LogP contribution in [0.5, 0.6) is 0 Å². The standard InChI is InChI=1S/C31H37NO3/c1-29-11-9-25-18-24-5-6-26(34-16-15-33-2)19-30(24)12-13-31(25,35-30)28(29)8-7-27(29)22-4-3-21-10-14-32-20-23(21)17-22/h3-4,9-10,14,17-18,20,26-28H,5-8,11-13,15-16,19H2,1-2H3/t26-,27?,28-,29?,30-,31-/m1/s1. The summed E-state index contributed by atoms with van der Waals surface area (Å²) in [6, 6.07) is 9.17. The van der Waals surface area contributed by atoms with Gasteiger partial charge in [0.05, 0.1) is 30.5 Å². The second-order valence-electron chi connectivity index (χ2n) is 11.9. The minimum absolute atomic E-state index is 0.113. The SMILES string of the molecule is COCCO[C@@H]1CCC2=CC3=CCC4(C)C(c5ccc6ccncc6c5)CC[C@H]4[C@@]34CC[C@]2(C1)O4. The number of aromatic nitrogens is 1. The average Bonchev–Trinajstić information content (AvgIpc) is 3.39. The summed E-state index contributed by atoms with van der Waals surface area (Å²) in [7, 11) is 1.74. The van der Waals surface area contributed by atoms with Crippen LogP contribution in [0.1, 0.15) is 69.8 Å². The molecule has 5 aliphatic rings. The number of ether oxygens (including phenoxy) is 3. The van der Waals surface area contributed by atoms with Crippen LogP contribution in [0.2, 0.25) is 0 Å². The summed E-state index contributed by atoms with van der Waals surface area (Å²) in [6.45, 7) is 3.89. The van der Waals surface area contributed by atoms with Crippen LogP contribution in [0.4, 0.5) is 0 Å². The van der Waals surface area contributed by atoms with E-state index in [1.165, 1.54) is 40.3 Å². The van der Waals surface area contributed by atoms with Gasteiger partial charge in [0, 0.05) is 31.3 Å². The molecule has 2 aliphatic heterocycles. The minimum atomic E-state index is -0.113. The molecule has 2 saturated carbocycles. The number of nitrogens with zero attached hydrogens (tertiary/aromatic N) is 1. The molecule has 0 amide bonds. The van der Waals surface area contributed by atoms with Crippen LogP contribution in [0.15, 0.2) is 60.0 Å². The average molecular weight is 472 g/mol. The number of hydrogen-bond donors (Lipinski definition) is 0. The fraction of sp³-hybridized carbons (Fsp3) is 0.581. The van der Waals surface area contributed by atoms with Gasteiger partial charge in [-0.05, 0) is 96.4 Å². The van der Waals surface area contributed by atoms with Gasteiger partial charge in [0.1, 0.15) is 0 Å². The normalized spacial score (nSPS) is 39.5. The molecule has 35 heavy (non-hydrogen) atoms. The molecule has 1 aromatic heterocycles. The molecule has 1 saturated heterocycles. The first-order chi connectivity index (χ1) is 17.1. The molecule has 2 spiro atoms. The molecule has 4 heteroatoms. The van der Waals surface area contributed by atoms with Gasteiger partial charge in [-0.25, -0.2) is 0 Å². The molecular weight excluding hydrogens is 434 g/mol. The van der Waals surface area contributed by atoms with Crippen molar-refractivity contribution in [3.63, 3.8) is 0 Å². The van der Waals surface area contributed by atoms with E-state index in [-0.39, 0.29) is 22.7 Å². The molecule has 1 aromatic carbocycles. The van der Waals surface area contributed by atoms with E-state index >= 15 is 0 Å². The van der Waals surface area contributed by atoms with Gasteiger partial charge in [-0.3, -0.25) is 4.98 Å². The quantitative estimate of drug-likeness (QED) is 0.466. The van der Waals surface area contributed by atoms with Crippen molar-refractivity contribution in [1.82, 2.24) is 4.98 Å². The highest BCUT2D eigenvalue weighted by molar-refractivity contribution is 5.82. The van der Waals surface area contributed by atoms with Gasteiger partial charge in [0.2, 0.25) is 0 Å². The summed E-state index contributed by atoms with van der Waals surface area (Å²) in [5.74, 6) is 1.13. The van der Waals surface area contributed by atoms with Gasteiger partial charge >= 0.3 is 0 Å². The van der Waals surface area contributed by atoms with Gasteiger partial charge in [-0.1, -0.05) is 31.2 Å². The smallest absolute Gasteiger partial charge is 0.0974 e. The Morgan fingerprint density at radius 3 is 2.94 bits per heavy atom. The van der Waals surface area contributed by atoms with Crippen LogP contribution >= 0.6 is 0 Å². The first-order valence-electron chi connectivity index (χ1n) is 13.6. The Balaban J connectivity index is 1.21. The lowest BCUT2D eigenvalue weighted by Crippen LogP contribution is -2.54. The zero-order chi connectivity index (χ0) is 23.7. The maximum Gasteiger partial charge on any atom is 0.0974 e. The first kappa shape index (κ1) is 22.2. The van der Waals surface area contributed by atoms with Crippen molar-refractivity contribution in [2.45, 2.75) is 81.5 Å². The zero-order valence-corrected chi connectivity index (χ0v) is 21.1. The van der Waals surface area contributed by atoms with Gasteiger partial charge in [-0.2, -0.15) is 0 Å². The van der Waals surface area contributed by atoms with E-state index in [0.717, 1.165) is 38.5 Å². The lowest BCUT2D eigenvalue weighted by atomic mass is 9.58. The minimum Gasteiger partial charge on any atom is -0.382 e. The van der Waals surface area contributed by atoms with Crippen LogP contribution in [-0.4, -0.2) is 42.6 Å². The third kappa shape index (κ3) is 3.19. The van der Waals surface area contributed by atoms with E-state index in [1.54, 1.807) is 7.11 Å². The van der Waals surface area contributed by atoms with E-state index in [0.29, 0.717) is 25.0 Å². The summed E-state index contributed by atoms with van der Waals surface area (Å²) in [5.41, 5.74) is 4.50. The highest BCUT2D eigenvalue weighted by Crippen LogP contribution is 2.69. The van der Waals surface area contributed by atoms with Gasteiger partial charge in [0.15, 0.2) is 0 Å². The molecule has 2 unspecified atom stereocenters. The number of allylic oxidation sites excluding steroid dienone is 1. The summed E-state index contributed by atoms with van der Waals surface area (Å²) < 4.78 is 18.8. The molecule has 184 valence electrons. The summed E-state index contributed by atoms with van der Waals surface area (Å²) >= 11 is 0. The molecule has 2 aromatic rings. The Hall–Kier alpha value is -2.01. The number of rotatable bonds is 5. The van der Waals surface area contributed by atoms with E-state index in [1.807, 2.05) is 12.4 Å². The van der Waals surface area contributed by atoms with Gasteiger partial charge in [-0.15, -0.1) is 0 Å². The largest absolute Gasteiger partial charge is 0.382 e. The van der Waals surface area contributed by atoms with E-state index in [2.05, 4.69) is 48.3 Å². The van der Waals surface area contributed by atoms with Crippen LogP contribution in [0, 0.1) is 11.3 Å². The Morgan fingerprint density at radius 1 is 1.09 bits per heavy atom. The van der Waals surface area contributed by atoms with E-state index in [9.17, 15) is 0 Å². The van der Waals surface area contributed by atoms with Crippen LogP contribution < -0.4 is 0 Å². The molecule has 2 bridgehead atoms. The van der Waals surface area contributed by atoms with Crippen molar-refractivity contribution in [1.29, 1.82) is 0 Å². The third-order valence-corrected chi connectivity index (χ3v) is 10.3. The Morgan fingerprint density at radius 2 is 2.03 bits per heavy atom. The van der Waals surface area contributed by atoms with Crippen molar-refractivity contribution < 1.29 is 14.2 Å². The van der Waals surface area contributed by atoms with E-state index < -0.39 is 0 Å². The highest BCUT2D eigenvalue weighted by atomic mass is 16.5. The maximum absolute atomic E-state index is 7.39.